The van der Waals surface area contributed by atoms with Gasteiger partial charge >= 0.3 is 11.9 Å². The number of ether oxygens (including phenoxy) is 2. The van der Waals surface area contributed by atoms with Crippen molar-refractivity contribution in [3.63, 3.8) is 0 Å². The highest BCUT2D eigenvalue weighted by Gasteiger charge is 2.35. The molecule has 0 aromatic rings. The Balaban J connectivity index is 2.42. The standard InChI is InChI=1S/C20H30N2O6/c1-13(2)19(25)27-11-9-21-17(23)15-7-5-6-8-16(15)18(24)22-10-12-28-20(26)14(3)4/h15-16H,1,3,5-12H2,2,4H3,(H,21,23)(H,22,24)/t15-,16-/m0/s1. The predicted octanol–water partition coefficient (Wildman–Crippen LogP) is 1.26. The number of esters is 2. The van der Waals surface area contributed by atoms with Crippen LogP contribution < -0.4 is 10.6 Å². The summed E-state index contributed by atoms with van der Waals surface area (Å²) >= 11 is 0. The zero-order valence-electron chi connectivity index (χ0n) is 16.7. The van der Waals surface area contributed by atoms with Crippen LogP contribution in [0.3, 0.4) is 0 Å². The summed E-state index contributed by atoms with van der Waals surface area (Å²) in [5.74, 6) is -2.31. The Morgan fingerprint density at radius 3 is 1.46 bits per heavy atom. The number of nitrogens with one attached hydrogen (secondary N) is 2. The van der Waals surface area contributed by atoms with Crippen LogP contribution in [-0.4, -0.2) is 50.1 Å². The zero-order valence-corrected chi connectivity index (χ0v) is 16.7. The zero-order chi connectivity index (χ0) is 21.1. The van der Waals surface area contributed by atoms with Crippen molar-refractivity contribution in [3.8, 4) is 0 Å². The predicted molar refractivity (Wildman–Crippen MR) is 103 cm³/mol. The summed E-state index contributed by atoms with van der Waals surface area (Å²) in [6.07, 6.45) is 3.01. The van der Waals surface area contributed by atoms with E-state index in [1.165, 1.54) is 0 Å². The third-order valence-corrected chi connectivity index (χ3v) is 4.41. The second-order valence-electron chi connectivity index (χ2n) is 6.91. The molecule has 0 saturated heterocycles. The van der Waals surface area contributed by atoms with Crippen LogP contribution >= 0.6 is 0 Å². The Morgan fingerprint density at radius 2 is 1.14 bits per heavy atom. The Hall–Kier alpha value is -2.64. The molecule has 0 radical (unpaired) electrons. The molecule has 0 unspecified atom stereocenters. The van der Waals surface area contributed by atoms with E-state index >= 15 is 0 Å². The van der Waals surface area contributed by atoms with Gasteiger partial charge in [-0.05, 0) is 26.7 Å². The number of carbonyl (C=O) groups is 4. The summed E-state index contributed by atoms with van der Waals surface area (Å²) in [5.41, 5.74) is 0.591. The maximum Gasteiger partial charge on any atom is 0.333 e. The molecule has 1 rings (SSSR count). The van der Waals surface area contributed by atoms with Gasteiger partial charge in [-0.3, -0.25) is 9.59 Å². The van der Waals surface area contributed by atoms with Gasteiger partial charge < -0.3 is 20.1 Å². The molecule has 1 aliphatic rings. The van der Waals surface area contributed by atoms with E-state index < -0.39 is 23.8 Å². The molecular weight excluding hydrogens is 364 g/mol. The van der Waals surface area contributed by atoms with E-state index in [1.807, 2.05) is 0 Å². The minimum atomic E-state index is -0.503. The maximum absolute atomic E-state index is 12.5. The fourth-order valence-corrected chi connectivity index (χ4v) is 2.90. The molecule has 0 aromatic carbocycles. The summed E-state index contributed by atoms with van der Waals surface area (Å²) in [5, 5.41) is 5.44. The lowest BCUT2D eigenvalue weighted by atomic mass is 9.78. The fourth-order valence-electron chi connectivity index (χ4n) is 2.90. The van der Waals surface area contributed by atoms with Crippen LogP contribution in [0.15, 0.2) is 24.3 Å². The molecule has 1 saturated carbocycles. The third kappa shape index (κ3) is 7.94. The Kier molecular flexibility index (Phi) is 9.98. The van der Waals surface area contributed by atoms with Gasteiger partial charge in [0.05, 0.1) is 13.1 Å². The summed E-state index contributed by atoms with van der Waals surface area (Å²) in [4.78, 5) is 47.5. The third-order valence-electron chi connectivity index (χ3n) is 4.41. The monoisotopic (exact) mass is 394 g/mol. The van der Waals surface area contributed by atoms with Gasteiger partial charge in [0.25, 0.3) is 0 Å². The summed E-state index contributed by atoms with van der Waals surface area (Å²) < 4.78 is 9.87. The second-order valence-corrected chi connectivity index (χ2v) is 6.91. The molecule has 156 valence electrons. The molecule has 2 N–H and O–H groups in total. The highest BCUT2D eigenvalue weighted by atomic mass is 16.5. The van der Waals surface area contributed by atoms with Gasteiger partial charge in [-0.2, -0.15) is 0 Å². The molecule has 8 nitrogen and oxygen atoms in total. The summed E-state index contributed by atoms with van der Waals surface area (Å²) in [6, 6.07) is 0. The van der Waals surface area contributed by atoms with E-state index in [1.54, 1.807) is 13.8 Å². The number of rotatable bonds is 10. The minimum absolute atomic E-state index is 0.0507. The molecular formula is C20H30N2O6. The Bertz CT molecular complexity index is 574. The molecule has 0 aromatic heterocycles. The van der Waals surface area contributed by atoms with Gasteiger partial charge in [-0.1, -0.05) is 26.0 Å². The molecule has 8 heteroatoms. The van der Waals surface area contributed by atoms with E-state index in [-0.39, 0.29) is 38.1 Å². The lowest BCUT2D eigenvalue weighted by Crippen LogP contribution is -2.45. The van der Waals surface area contributed by atoms with Crippen molar-refractivity contribution < 1.29 is 28.7 Å². The van der Waals surface area contributed by atoms with Gasteiger partial charge in [-0.15, -0.1) is 0 Å². The highest BCUT2D eigenvalue weighted by molar-refractivity contribution is 5.88. The molecule has 1 fully saturated rings. The van der Waals surface area contributed by atoms with Crippen LogP contribution in [0.5, 0.6) is 0 Å². The van der Waals surface area contributed by atoms with Crippen LogP contribution in [0.1, 0.15) is 39.5 Å². The molecule has 0 aliphatic heterocycles. The molecule has 0 spiro atoms. The average Bonchev–Trinajstić information content (AvgIpc) is 2.67. The second kappa shape index (κ2) is 11.9. The van der Waals surface area contributed by atoms with Crippen LogP contribution in [0.4, 0.5) is 0 Å². The van der Waals surface area contributed by atoms with Gasteiger partial charge in [0.1, 0.15) is 13.2 Å². The fraction of sp³-hybridized carbons (Fsp3) is 0.600. The van der Waals surface area contributed by atoms with Crippen molar-refractivity contribution in [2.24, 2.45) is 11.8 Å². The first-order valence-electron chi connectivity index (χ1n) is 9.44. The number of carbonyl (C=O) groups excluding carboxylic acids is 4. The minimum Gasteiger partial charge on any atom is -0.460 e. The molecule has 2 amide bonds. The van der Waals surface area contributed by atoms with Crippen molar-refractivity contribution in [2.45, 2.75) is 39.5 Å². The largest absolute Gasteiger partial charge is 0.460 e. The quantitative estimate of drug-likeness (QED) is 0.328. The SMILES string of the molecule is C=C(C)C(=O)OCCNC(=O)[C@H]1CCCC[C@@H]1C(=O)NCCOC(=O)C(=C)C. The lowest BCUT2D eigenvalue weighted by Gasteiger charge is -2.29. The van der Waals surface area contributed by atoms with Crippen molar-refractivity contribution in [3.05, 3.63) is 24.3 Å². The summed E-state index contributed by atoms with van der Waals surface area (Å²) in [6.45, 7) is 10.5. The van der Waals surface area contributed by atoms with E-state index in [0.29, 0.717) is 24.0 Å². The molecule has 0 bridgehead atoms. The molecule has 0 heterocycles. The highest BCUT2D eigenvalue weighted by Crippen LogP contribution is 2.30. The number of hydrogen-bond donors (Lipinski definition) is 2. The summed E-state index contributed by atoms with van der Waals surface area (Å²) in [7, 11) is 0. The lowest BCUT2D eigenvalue weighted by molar-refractivity contribution is -0.141. The van der Waals surface area contributed by atoms with Gasteiger partial charge in [-0.25, -0.2) is 9.59 Å². The number of hydrogen-bond acceptors (Lipinski definition) is 6. The Morgan fingerprint density at radius 1 is 0.786 bits per heavy atom. The van der Waals surface area contributed by atoms with Gasteiger partial charge in [0.15, 0.2) is 0 Å². The molecule has 28 heavy (non-hydrogen) atoms. The van der Waals surface area contributed by atoms with Gasteiger partial charge in [0, 0.05) is 23.0 Å². The van der Waals surface area contributed by atoms with Crippen LogP contribution in [-0.2, 0) is 28.7 Å². The van der Waals surface area contributed by atoms with E-state index in [2.05, 4.69) is 23.8 Å². The first-order chi connectivity index (χ1) is 13.2. The normalized spacial score (nSPS) is 18.5. The smallest absolute Gasteiger partial charge is 0.333 e. The molecule has 1 aliphatic carbocycles. The number of amides is 2. The van der Waals surface area contributed by atoms with Crippen molar-refractivity contribution in [2.75, 3.05) is 26.3 Å². The van der Waals surface area contributed by atoms with Crippen LogP contribution in [0, 0.1) is 11.8 Å². The molecule has 2 atom stereocenters. The van der Waals surface area contributed by atoms with Crippen LogP contribution in [0.25, 0.3) is 0 Å². The van der Waals surface area contributed by atoms with E-state index in [4.69, 9.17) is 9.47 Å². The average molecular weight is 394 g/mol. The van der Waals surface area contributed by atoms with Crippen LogP contribution in [0.2, 0.25) is 0 Å². The first-order valence-corrected chi connectivity index (χ1v) is 9.44. The first kappa shape index (κ1) is 23.4. The topological polar surface area (TPSA) is 111 Å². The van der Waals surface area contributed by atoms with Gasteiger partial charge in [0.2, 0.25) is 11.8 Å². The van der Waals surface area contributed by atoms with Crippen molar-refractivity contribution in [1.29, 1.82) is 0 Å². The van der Waals surface area contributed by atoms with Crippen molar-refractivity contribution >= 4 is 23.8 Å². The van der Waals surface area contributed by atoms with E-state index in [9.17, 15) is 19.2 Å². The maximum atomic E-state index is 12.5. The van der Waals surface area contributed by atoms with E-state index in [0.717, 1.165) is 12.8 Å². The Labute approximate surface area is 165 Å². The van der Waals surface area contributed by atoms with Crippen molar-refractivity contribution in [1.82, 2.24) is 10.6 Å².